The molecule has 3 aliphatic carbocycles. The minimum absolute atomic E-state index is 0.297. The molecule has 0 radical (unpaired) electrons. The van der Waals surface area contributed by atoms with Gasteiger partial charge in [0.05, 0.1) is 16.5 Å². The second-order valence-corrected chi connectivity index (χ2v) is 15.6. The number of para-hydroxylation sites is 1. The van der Waals surface area contributed by atoms with Crippen molar-refractivity contribution in [2.45, 2.75) is 5.41 Å². The predicted octanol–water partition coefficient (Wildman–Crippen LogP) is 14.7. The summed E-state index contributed by atoms with van der Waals surface area (Å²) < 4.78 is 6.39. The summed E-state index contributed by atoms with van der Waals surface area (Å²) >= 11 is 0. The molecule has 0 amide bonds. The lowest BCUT2D eigenvalue weighted by Crippen LogP contribution is -2.23. The highest BCUT2D eigenvalue weighted by molar-refractivity contribution is 6.13. The van der Waals surface area contributed by atoms with Crippen LogP contribution in [0.4, 0.5) is 17.1 Å². The van der Waals surface area contributed by atoms with Gasteiger partial charge in [-0.25, -0.2) is 0 Å². The van der Waals surface area contributed by atoms with Crippen molar-refractivity contribution in [1.82, 2.24) is 0 Å². The summed E-state index contributed by atoms with van der Waals surface area (Å²) in [6.07, 6.45) is 0. The van der Waals surface area contributed by atoms with Gasteiger partial charge in [-0.3, -0.25) is 0 Å². The first kappa shape index (κ1) is 30.9. The van der Waals surface area contributed by atoms with Gasteiger partial charge in [0.1, 0.15) is 11.2 Å². The molecule has 9 aromatic carbocycles. The standard InChI is InChI=1S/C55H33NO/c1-2-11-34(12-3-1)35-23-28-38(29-24-35)56(49-20-10-22-51-52(49)46-14-5-7-21-50(46)57-51)39-30-25-36(26-31-39)37-27-32-41-43-16-9-18-45-44-17-8-15-42-40-13-4-6-19-47(40)55(53(42)44,54(43)45)48(41)33-37/h1-33H. The molecule has 0 N–H and O–H groups in total. The van der Waals surface area contributed by atoms with Crippen LogP contribution < -0.4 is 4.90 Å². The Hall–Kier alpha value is -7.42. The van der Waals surface area contributed by atoms with Crippen molar-refractivity contribution >= 4 is 39.0 Å². The predicted molar refractivity (Wildman–Crippen MR) is 235 cm³/mol. The highest BCUT2D eigenvalue weighted by Gasteiger charge is 2.57. The lowest BCUT2D eigenvalue weighted by atomic mass is 9.73. The average molecular weight is 724 g/mol. The fourth-order valence-electron chi connectivity index (χ4n) is 10.5. The van der Waals surface area contributed by atoms with Crippen molar-refractivity contribution in [1.29, 1.82) is 0 Å². The van der Waals surface area contributed by atoms with E-state index in [1.165, 1.54) is 77.9 Å². The number of benzene rings is 9. The molecule has 3 aliphatic rings. The lowest BCUT2D eigenvalue weighted by Gasteiger charge is -2.28. The van der Waals surface area contributed by atoms with E-state index < -0.39 is 0 Å². The van der Waals surface area contributed by atoms with Gasteiger partial charge in [0, 0.05) is 16.8 Å². The van der Waals surface area contributed by atoms with Crippen LogP contribution in [0.15, 0.2) is 205 Å². The molecule has 0 bridgehead atoms. The zero-order valence-electron chi connectivity index (χ0n) is 30.9. The molecule has 13 rings (SSSR count). The first-order valence-electron chi connectivity index (χ1n) is 19.8. The number of fused-ring (bicyclic) bond motifs is 8. The summed E-state index contributed by atoms with van der Waals surface area (Å²) in [7, 11) is 0. The van der Waals surface area contributed by atoms with E-state index in [9.17, 15) is 0 Å². The maximum atomic E-state index is 6.39. The van der Waals surface area contributed by atoms with E-state index >= 15 is 0 Å². The number of anilines is 3. The van der Waals surface area contributed by atoms with Crippen LogP contribution >= 0.6 is 0 Å². The Kier molecular flexibility index (Phi) is 6.13. The molecule has 0 aliphatic heterocycles. The first-order valence-corrected chi connectivity index (χ1v) is 19.8. The van der Waals surface area contributed by atoms with Gasteiger partial charge in [0.2, 0.25) is 0 Å². The first-order chi connectivity index (χ1) is 28.3. The molecule has 10 aromatic rings. The van der Waals surface area contributed by atoms with E-state index in [-0.39, 0.29) is 5.41 Å². The fraction of sp³-hybridized carbons (Fsp3) is 0.0182. The minimum atomic E-state index is -0.297. The Morgan fingerprint density at radius 1 is 0.351 bits per heavy atom. The Morgan fingerprint density at radius 3 is 1.58 bits per heavy atom. The van der Waals surface area contributed by atoms with Gasteiger partial charge in [-0.05, 0) is 126 Å². The van der Waals surface area contributed by atoms with Crippen LogP contribution in [0.2, 0.25) is 0 Å². The maximum absolute atomic E-state index is 6.39. The van der Waals surface area contributed by atoms with Crippen LogP contribution in [-0.4, -0.2) is 0 Å². The lowest BCUT2D eigenvalue weighted by molar-refractivity contribution is 0.669. The molecular weight excluding hydrogens is 691 g/mol. The molecule has 1 unspecified atom stereocenters. The Labute approximate surface area is 330 Å². The molecule has 0 saturated heterocycles. The fourth-order valence-corrected chi connectivity index (χ4v) is 10.5. The van der Waals surface area contributed by atoms with Crippen LogP contribution in [0.1, 0.15) is 22.3 Å². The van der Waals surface area contributed by atoms with Crippen molar-refractivity contribution in [3.8, 4) is 55.6 Å². The van der Waals surface area contributed by atoms with Crippen LogP contribution in [-0.2, 0) is 5.41 Å². The average Bonchev–Trinajstić information content (AvgIpc) is 4.00. The summed E-state index contributed by atoms with van der Waals surface area (Å²) in [5.41, 5.74) is 23.4. The maximum Gasteiger partial charge on any atom is 0.137 e. The topological polar surface area (TPSA) is 16.4 Å². The number of nitrogens with zero attached hydrogens (tertiary/aromatic N) is 1. The smallest absolute Gasteiger partial charge is 0.137 e. The summed E-state index contributed by atoms with van der Waals surface area (Å²) in [5.74, 6) is 0. The van der Waals surface area contributed by atoms with Gasteiger partial charge in [-0.15, -0.1) is 0 Å². The van der Waals surface area contributed by atoms with E-state index in [2.05, 4.69) is 199 Å². The number of rotatable bonds is 5. The van der Waals surface area contributed by atoms with Gasteiger partial charge in [-0.2, -0.15) is 0 Å². The Balaban J connectivity index is 0.966. The zero-order valence-corrected chi connectivity index (χ0v) is 30.9. The number of furan rings is 1. The normalized spacial score (nSPS) is 15.1. The van der Waals surface area contributed by atoms with Gasteiger partial charge < -0.3 is 9.32 Å². The monoisotopic (exact) mass is 723 g/mol. The molecule has 2 nitrogen and oxygen atoms in total. The van der Waals surface area contributed by atoms with E-state index in [1.807, 2.05) is 6.07 Å². The molecule has 0 saturated carbocycles. The van der Waals surface area contributed by atoms with Crippen molar-refractivity contribution < 1.29 is 4.42 Å². The van der Waals surface area contributed by atoms with Crippen molar-refractivity contribution in [3.63, 3.8) is 0 Å². The van der Waals surface area contributed by atoms with Gasteiger partial charge in [-0.1, -0.05) is 152 Å². The third kappa shape index (κ3) is 4.04. The molecule has 1 aromatic heterocycles. The number of hydrogen-bond donors (Lipinski definition) is 0. The van der Waals surface area contributed by atoms with E-state index in [0.717, 1.165) is 39.0 Å². The minimum Gasteiger partial charge on any atom is -0.456 e. The van der Waals surface area contributed by atoms with Crippen LogP contribution in [0, 0.1) is 0 Å². The van der Waals surface area contributed by atoms with Crippen molar-refractivity contribution in [3.05, 3.63) is 222 Å². The highest BCUT2D eigenvalue weighted by atomic mass is 16.3. The van der Waals surface area contributed by atoms with Gasteiger partial charge in [0.15, 0.2) is 0 Å². The van der Waals surface area contributed by atoms with Gasteiger partial charge >= 0.3 is 0 Å². The molecule has 2 heteroatoms. The van der Waals surface area contributed by atoms with Crippen LogP contribution in [0.5, 0.6) is 0 Å². The van der Waals surface area contributed by atoms with Crippen molar-refractivity contribution in [2.75, 3.05) is 4.90 Å². The summed E-state index contributed by atoms with van der Waals surface area (Å²) in [4.78, 5) is 2.37. The number of hydrogen-bond acceptors (Lipinski definition) is 2. The molecular formula is C55H33NO. The van der Waals surface area contributed by atoms with E-state index in [4.69, 9.17) is 4.42 Å². The summed E-state index contributed by atoms with van der Waals surface area (Å²) in [5, 5.41) is 2.21. The van der Waals surface area contributed by atoms with Gasteiger partial charge in [0.25, 0.3) is 0 Å². The third-order valence-corrected chi connectivity index (χ3v) is 12.8. The summed E-state index contributed by atoms with van der Waals surface area (Å²) in [6, 6.07) is 73.4. The van der Waals surface area contributed by atoms with E-state index in [1.54, 1.807) is 0 Å². The Bertz CT molecular complexity index is 3250. The zero-order chi connectivity index (χ0) is 37.2. The molecule has 1 spiro atoms. The second-order valence-electron chi connectivity index (χ2n) is 15.6. The molecule has 1 heterocycles. The van der Waals surface area contributed by atoms with Crippen molar-refractivity contribution in [2.24, 2.45) is 0 Å². The molecule has 264 valence electrons. The highest BCUT2D eigenvalue weighted by Crippen LogP contribution is 2.70. The third-order valence-electron chi connectivity index (χ3n) is 12.8. The van der Waals surface area contributed by atoms with Crippen LogP contribution in [0.25, 0.3) is 77.6 Å². The second kappa shape index (κ2) is 11.3. The van der Waals surface area contributed by atoms with E-state index in [0.29, 0.717) is 0 Å². The quantitative estimate of drug-likeness (QED) is 0.176. The summed E-state index contributed by atoms with van der Waals surface area (Å²) in [6.45, 7) is 0. The van der Waals surface area contributed by atoms with Crippen LogP contribution in [0.3, 0.4) is 0 Å². The largest absolute Gasteiger partial charge is 0.456 e. The molecule has 57 heavy (non-hydrogen) atoms. The molecule has 1 atom stereocenters. The SMILES string of the molecule is c1ccc(-c2ccc(N(c3ccc(-c4ccc5c(c4)C46c7ccccc7-c7cccc(c74)-c4cccc-5c46)cc3)c3cccc4oc5ccccc5c34)cc2)cc1. The molecule has 0 fully saturated rings. The Morgan fingerprint density at radius 2 is 0.860 bits per heavy atom.